The van der Waals surface area contributed by atoms with Gasteiger partial charge in [0.15, 0.2) is 0 Å². The summed E-state index contributed by atoms with van der Waals surface area (Å²) in [5, 5.41) is 3.38. The van der Waals surface area contributed by atoms with Gasteiger partial charge >= 0.3 is 0 Å². The molecule has 0 radical (unpaired) electrons. The Morgan fingerprint density at radius 3 is 2.60 bits per heavy atom. The molecular formula is C12H20N2O. The van der Waals surface area contributed by atoms with Crippen molar-refractivity contribution in [3.8, 4) is 0 Å². The first-order valence-corrected chi connectivity index (χ1v) is 6.20. The van der Waals surface area contributed by atoms with Crippen LogP contribution in [0.3, 0.4) is 0 Å². The van der Waals surface area contributed by atoms with E-state index in [1.165, 1.54) is 25.7 Å². The summed E-state index contributed by atoms with van der Waals surface area (Å²) in [6.45, 7) is 2.22. The van der Waals surface area contributed by atoms with Crippen molar-refractivity contribution in [1.29, 1.82) is 0 Å². The number of nitrogens with zero attached hydrogens (tertiary/aromatic N) is 1. The quantitative estimate of drug-likeness (QED) is 0.734. The first-order valence-electron chi connectivity index (χ1n) is 6.20. The second kappa shape index (κ2) is 3.21. The van der Waals surface area contributed by atoms with Crippen molar-refractivity contribution in [2.45, 2.75) is 38.1 Å². The molecule has 1 aliphatic heterocycles. The Balaban J connectivity index is 1.62. The van der Waals surface area contributed by atoms with Crippen LogP contribution in [0.25, 0.3) is 0 Å². The Hall–Kier alpha value is -0.570. The highest BCUT2D eigenvalue weighted by atomic mass is 16.2. The number of carbonyl (C=O) groups is 1. The average molecular weight is 208 g/mol. The lowest BCUT2D eigenvalue weighted by atomic mass is 9.91. The van der Waals surface area contributed by atoms with Gasteiger partial charge in [-0.3, -0.25) is 4.79 Å². The third kappa shape index (κ3) is 1.57. The first-order chi connectivity index (χ1) is 7.23. The monoisotopic (exact) mass is 208 g/mol. The van der Waals surface area contributed by atoms with Crippen LogP contribution in [0.15, 0.2) is 0 Å². The number of rotatable bonds is 2. The standard InChI is InChI=1S/C12H20N2O/c1-14(9-2-3-9)11(15)10-8-12(10)4-6-13-7-5-12/h9-10,13H,2-8H2,1H3. The molecule has 0 aromatic heterocycles. The van der Waals surface area contributed by atoms with Crippen molar-refractivity contribution in [1.82, 2.24) is 10.2 Å². The lowest BCUT2D eigenvalue weighted by Crippen LogP contribution is -2.35. The highest BCUT2D eigenvalue weighted by Gasteiger charge is 2.58. The minimum atomic E-state index is 0.366. The van der Waals surface area contributed by atoms with E-state index < -0.39 is 0 Å². The summed E-state index contributed by atoms with van der Waals surface area (Å²) in [5.74, 6) is 0.796. The lowest BCUT2D eigenvalue weighted by Gasteiger charge is -2.25. The van der Waals surface area contributed by atoms with Crippen LogP contribution >= 0.6 is 0 Å². The van der Waals surface area contributed by atoms with Gasteiger partial charge in [-0.2, -0.15) is 0 Å². The number of hydrogen-bond acceptors (Lipinski definition) is 2. The second-order valence-electron chi connectivity index (χ2n) is 5.55. The summed E-state index contributed by atoms with van der Waals surface area (Å²) in [4.78, 5) is 14.2. The Morgan fingerprint density at radius 2 is 2.00 bits per heavy atom. The van der Waals surface area contributed by atoms with E-state index in [0.29, 0.717) is 23.3 Å². The molecule has 1 spiro atoms. The highest BCUT2D eigenvalue weighted by Crippen LogP contribution is 2.59. The largest absolute Gasteiger partial charge is 0.343 e. The smallest absolute Gasteiger partial charge is 0.226 e. The summed E-state index contributed by atoms with van der Waals surface area (Å²) < 4.78 is 0. The van der Waals surface area contributed by atoms with E-state index in [-0.39, 0.29) is 0 Å². The maximum Gasteiger partial charge on any atom is 0.226 e. The van der Waals surface area contributed by atoms with E-state index in [0.717, 1.165) is 19.5 Å². The Labute approximate surface area is 91.2 Å². The zero-order valence-electron chi connectivity index (χ0n) is 9.46. The van der Waals surface area contributed by atoms with Gasteiger partial charge in [0.05, 0.1) is 0 Å². The lowest BCUT2D eigenvalue weighted by molar-refractivity contribution is -0.132. The molecule has 1 heterocycles. The molecule has 1 amide bonds. The van der Waals surface area contributed by atoms with Crippen LogP contribution in [0, 0.1) is 11.3 Å². The molecule has 1 N–H and O–H groups in total. The highest BCUT2D eigenvalue weighted by molar-refractivity contribution is 5.83. The number of amides is 1. The van der Waals surface area contributed by atoms with Crippen LogP contribution in [-0.4, -0.2) is 37.0 Å². The summed E-state index contributed by atoms with van der Waals surface area (Å²) >= 11 is 0. The van der Waals surface area contributed by atoms with E-state index in [1.807, 2.05) is 11.9 Å². The molecule has 3 nitrogen and oxygen atoms in total. The van der Waals surface area contributed by atoms with Gasteiger partial charge in [0.2, 0.25) is 5.91 Å². The van der Waals surface area contributed by atoms with Crippen molar-refractivity contribution in [2.24, 2.45) is 11.3 Å². The topological polar surface area (TPSA) is 32.3 Å². The first kappa shape index (κ1) is 9.64. The van der Waals surface area contributed by atoms with E-state index in [1.54, 1.807) is 0 Å². The van der Waals surface area contributed by atoms with Gasteiger partial charge in [-0.25, -0.2) is 0 Å². The van der Waals surface area contributed by atoms with E-state index >= 15 is 0 Å². The molecule has 0 aromatic rings. The number of piperidine rings is 1. The van der Waals surface area contributed by atoms with Crippen LogP contribution in [0.2, 0.25) is 0 Å². The van der Waals surface area contributed by atoms with E-state index in [4.69, 9.17) is 0 Å². The summed E-state index contributed by atoms with van der Waals surface area (Å²) in [6.07, 6.45) is 6.03. The van der Waals surface area contributed by atoms with Gasteiger partial charge in [0.25, 0.3) is 0 Å². The van der Waals surface area contributed by atoms with E-state index in [2.05, 4.69) is 5.32 Å². The Morgan fingerprint density at radius 1 is 1.33 bits per heavy atom. The molecule has 3 aliphatic rings. The third-order valence-electron chi connectivity index (χ3n) is 4.53. The SMILES string of the molecule is CN(C(=O)C1CC12CCNCC2)C1CC1. The summed E-state index contributed by atoms with van der Waals surface area (Å²) in [6, 6.07) is 0.580. The van der Waals surface area contributed by atoms with Crippen molar-refractivity contribution in [2.75, 3.05) is 20.1 Å². The average Bonchev–Trinajstić information content (AvgIpc) is 3.13. The van der Waals surface area contributed by atoms with Crippen molar-refractivity contribution in [3.63, 3.8) is 0 Å². The van der Waals surface area contributed by atoms with E-state index in [9.17, 15) is 4.79 Å². The fourth-order valence-corrected chi connectivity index (χ4v) is 3.06. The van der Waals surface area contributed by atoms with Gasteiger partial charge in [-0.05, 0) is 50.6 Å². The zero-order chi connectivity index (χ0) is 10.5. The van der Waals surface area contributed by atoms with Crippen molar-refractivity contribution >= 4 is 5.91 Å². The molecule has 2 saturated carbocycles. The Kier molecular flexibility index (Phi) is 2.06. The summed E-state index contributed by atoms with van der Waals surface area (Å²) in [5.41, 5.74) is 0.408. The zero-order valence-corrected chi connectivity index (χ0v) is 9.46. The van der Waals surface area contributed by atoms with Gasteiger partial charge in [-0.15, -0.1) is 0 Å². The molecule has 15 heavy (non-hydrogen) atoms. The van der Waals surface area contributed by atoms with Gasteiger partial charge < -0.3 is 10.2 Å². The predicted octanol–water partition coefficient (Wildman–Crippen LogP) is 0.997. The number of nitrogens with one attached hydrogen (secondary N) is 1. The Bertz CT molecular complexity index is 279. The molecule has 3 heteroatoms. The molecule has 2 aliphatic carbocycles. The molecule has 1 saturated heterocycles. The maximum absolute atomic E-state index is 12.2. The normalized spacial score (nSPS) is 32.7. The van der Waals surface area contributed by atoms with Gasteiger partial charge in [-0.1, -0.05) is 0 Å². The van der Waals surface area contributed by atoms with Crippen LogP contribution in [0.5, 0.6) is 0 Å². The fraction of sp³-hybridized carbons (Fsp3) is 0.917. The maximum atomic E-state index is 12.2. The molecule has 3 rings (SSSR count). The van der Waals surface area contributed by atoms with Gasteiger partial charge in [0, 0.05) is 19.0 Å². The third-order valence-corrected chi connectivity index (χ3v) is 4.53. The second-order valence-corrected chi connectivity index (χ2v) is 5.55. The van der Waals surface area contributed by atoms with Crippen LogP contribution < -0.4 is 5.32 Å². The minimum Gasteiger partial charge on any atom is -0.343 e. The molecule has 0 aromatic carbocycles. The minimum absolute atomic E-state index is 0.366. The molecule has 1 atom stereocenters. The van der Waals surface area contributed by atoms with Crippen LogP contribution in [0.4, 0.5) is 0 Å². The molecule has 3 fully saturated rings. The molecular weight excluding hydrogens is 188 g/mol. The van der Waals surface area contributed by atoms with Crippen molar-refractivity contribution < 1.29 is 4.79 Å². The number of carbonyl (C=O) groups excluding carboxylic acids is 1. The molecule has 0 bridgehead atoms. The van der Waals surface area contributed by atoms with Crippen LogP contribution in [-0.2, 0) is 4.79 Å². The fourth-order valence-electron chi connectivity index (χ4n) is 3.06. The van der Waals surface area contributed by atoms with Crippen LogP contribution in [0.1, 0.15) is 32.1 Å². The van der Waals surface area contributed by atoms with Crippen molar-refractivity contribution in [3.05, 3.63) is 0 Å². The molecule has 1 unspecified atom stereocenters. The predicted molar refractivity (Wildman–Crippen MR) is 58.4 cm³/mol. The number of hydrogen-bond donors (Lipinski definition) is 1. The van der Waals surface area contributed by atoms with Gasteiger partial charge in [0.1, 0.15) is 0 Å². The summed E-state index contributed by atoms with van der Waals surface area (Å²) in [7, 11) is 1.99. The molecule has 84 valence electrons.